The van der Waals surface area contributed by atoms with Gasteiger partial charge in [-0.15, -0.1) is 0 Å². The fourth-order valence-corrected chi connectivity index (χ4v) is 7.32. The second-order valence-corrected chi connectivity index (χ2v) is 12.2. The number of fused-ring (bicyclic) bond motifs is 1. The summed E-state index contributed by atoms with van der Waals surface area (Å²) in [7, 11) is 1.89. The topological polar surface area (TPSA) is 110 Å². The van der Waals surface area contributed by atoms with Crippen molar-refractivity contribution in [1.29, 1.82) is 0 Å². The van der Waals surface area contributed by atoms with Crippen molar-refractivity contribution in [1.82, 2.24) is 4.90 Å². The van der Waals surface area contributed by atoms with Crippen LogP contribution in [0.25, 0.3) is 0 Å². The predicted molar refractivity (Wildman–Crippen MR) is 128 cm³/mol. The van der Waals surface area contributed by atoms with E-state index in [0.29, 0.717) is 25.8 Å². The number of cyclic esters (lactones) is 1. The maximum atomic E-state index is 12.9. The third-order valence-corrected chi connectivity index (χ3v) is 8.83. The van der Waals surface area contributed by atoms with Gasteiger partial charge in [-0.05, 0) is 64.8 Å². The van der Waals surface area contributed by atoms with E-state index in [2.05, 4.69) is 29.5 Å². The molecule has 1 unspecified atom stereocenters. The van der Waals surface area contributed by atoms with Crippen LogP contribution in [0.3, 0.4) is 0 Å². The Kier molecular flexibility index (Phi) is 8.87. The van der Waals surface area contributed by atoms with Crippen LogP contribution in [0, 0.1) is 23.7 Å². The van der Waals surface area contributed by atoms with E-state index >= 15 is 0 Å². The van der Waals surface area contributed by atoms with Crippen molar-refractivity contribution in [2.45, 2.75) is 100 Å². The Balaban J connectivity index is 2.42. The standard InChI is InChI=1S/C23H42INO6/c1-8-17-22(6,29)20(27)15(5)25(7)11-16(24)10-23(30)9-12(2)18(23)13(3)19(26)14(4)21(28)31-17/h12-20,26-27,29-30H,8-11H2,1-7H3/t12?,13-,14-,15-,16-,17-,18-,19+,20-,22-,23-/m1/s1. The molecule has 0 amide bonds. The maximum absolute atomic E-state index is 12.9. The van der Waals surface area contributed by atoms with Crippen LogP contribution in [0.2, 0.25) is 0 Å². The number of carbonyl (C=O) groups is 1. The zero-order valence-corrected chi connectivity index (χ0v) is 22.1. The number of aliphatic hydroxyl groups is 4. The third-order valence-electron chi connectivity index (χ3n) is 7.99. The maximum Gasteiger partial charge on any atom is 0.311 e. The summed E-state index contributed by atoms with van der Waals surface area (Å²) in [5.74, 6) is -1.56. The van der Waals surface area contributed by atoms with Crippen molar-refractivity contribution in [2.75, 3.05) is 13.6 Å². The van der Waals surface area contributed by atoms with Gasteiger partial charge in [-0.1, -0.05) is 43.4 Å². The number of halogens is 1. The molecule has 0 bridgehead atoms. The molecule has 0 aromatic rings. The molecule has 11 atom stereocenters. The quantitative estimate of drug-likeness (QED) is 0.223. The molecule has 8 heteroatoms. The first-order valence-electron chi connectivity index (χ1n) is 11.5. The Morgan fingerprint density at radius 2 is 1.74 bits per heavy atom. The molecule has 1 heterocycles. The minimum absolute atomic E-state index is 0.112. The minimum Gasteiger partial charge on any atom is -0.459 e. The van der Waals surface area contributed by atoms with E-state index in [4.69, 9.17) is 4.74 Å². The molecule has 31 heavy (non-hydrogen) atoms. The highest BCUT2D eigenvalue weighted by Crippen LogP contribution is 2.52. The van der Waals surface area contributed by atoms with Crippen LogP contribution in [-0.2, 0) is 9.53 Å². The second-order valence-electron chi connectivity index (χ2n) is 10.4. The number of hydrogen-bond acceptors (Lipinski definition) is 7. The zero-order chi connectivity index (χ0) is 23.9. The Morgan fingerprint density at radius 1 is 1.16 bits per heavy atom. The predicted octanol–water partition coefficient (Wildman–Crippen LogP) is 1.97. The van der Waals surface area contributed by atoms with E-state index < -0.39 is 47.4 Å². The number of ether oxygens (including phenoxy) is 1. The molecule has 7 nitrogen and oxygen atoms in total. The fourth-order valence-electron chi connectivity index (χ4n) is 5.93. The monoisotopic (exact) mass is 555 g/mol. The summed E-state index contributed by atoms with van der Waals surface area (Å²) in [5, 5.41) is 44.5. The van der Waals surface area contributed by atoms with Gasteiger partial charge >= 0.3 is 5.97 Å². The second kappa shape index (κ2) is 10.1. The molecule has 0 spiro atoms. The van der Waals surface area contributed by atoms with E-state index in [0.717, 1.165) is 0 Å². The van der Waals surface area contributed by atoms with Crippen molar-refractivity contribution in [3.63, 3.8) is 0 Å². The van der Waals surface area contributed by atoms with Crippen LogP contribution < -0.4 is 0 Å². The Labute approximate surface area is 200 Å². The van der Waals surface area contributed by atoms with Gasteiger partial charge in [0.25, 0.3) is 0 Å². The van der Waals surface area contributed by atoms with Crippen LogP contribution in [0.4, 0.5) is 0 Å². The molecule has 1 saturated carbocycles. The molecule has 1 aliphatic heterocycles. The molecule has 2 aliphatic rings. The van der Waals surface area contributed by atoms with Gasteiger partial charge in [-0.3, -0.25) is 9.69 Å². The summed E-state index contributed by atoms with van der Waals surface area (Å²) in [6, 6.07) is -0.391. The molecular weight excluding hydrogens is 513 g/mol. The molecule has 2 fully saturated rings. The SMILES string of the molecule is CC[C@H]1OC(=O)[C@H](C)[C@@H](O)[C@H](C)[C@H]2C(C)C[C@@]2(O)C[C@@H](I)CN(C)[C@H](C)[C@@H](O)[C@]1(C)O. The first kappa shape index (κ1) is 27.2. The van der Waals surface area contributed by atoms with Crippen LogP contribution in [0.15, 0.2) is 0 Å². The summed E-state index contributed by atoms with van der Waals surface area (Å²) in [5.41, 5.74) is -2.54. The lowest BCUT2D eigenvalue weighted by atomic mass is 9.54. The zero-order valence-electron chi connectivity index (χ0n) is 20.0. The number of likely N-dealkylation sites (N-methyl/N-ethyl adjacent to an activating group) is 1. The minimum atomic E-state index is -1.65. The Morgan fingerprint density at radius 3 is 2.26 bits per heavy atom. The van der Waals surface area contributed by atoms with Gasteiger partial charge in [0, 0.05) is 16.5 Å². The van der Waals surface area contributed by atoms with Gasteiger partial charge in [0.05, 0.1) is 17.6 Å². The molecular formula is C23H42INO6. The lowest BCUT2D eigenvalue weighted by molar-refractivity contribution is -0.197. The van der Waals surface area contributed by atoms with Crippen LogP contribution in [0.1, 0.15) is 60.8 Å². The van der Waals surface area contributed by atoms with Crippen molar-refractivity contribution >= 4 is 28.6 Å². The number of nitrogens with zero attached hydrogens (tertiary/aromatic N) is 1. The average Bonchev–Trinajstić information content (AvgIpc) is 2.67. The summed E-state index contributed by atoms with van der Waals surface area (Å²) >= 11 is 2.34. The molecule has 182 valence electrons. The van der Waals surface area contributed by atoms with E-state index in [1.165, 1.54) is 6.92 Å². The lowest BCUT2D eigenvalue weighted by Crippen LogP contribution is -2.60. The van der Waals surface area contributed by atoms with E-state index in [-0.39, 0.29) is 21.7 Å². The number of carbonyl (C=O) groups excluding carboxylic acids is 1. The number of aliphatic hydroxyl groups excluding tert-OH is 2. The summed E-state index contributed by atoms with van der Waals surface area (Å²) < 4.78 is 5.76. The summed E-state index contributed by atoms with van der Waals surface area (Å²) in [6.45, 7) is 11.4. The van der Waals surface area contributed by atoms with E-state index in [9.17, 15) is 25.2 Å². The molecule has 1 saturated heterocycles. The fraction of sp³-hybridized carbons (Fsp3) is 0.957. The lowest BCUT2D eigenvalue weighted by Gasteiger charge is -2.55. The normalized spacial score (nSPS) is 51.1. The number of rotatable bonds is 1. The van der Waals surface area contributed by atoms with Gasteiger partial charge in [-0.25, -0.2) is 0 Å². The van der Waals surface area contributed by atoms with Crippen LogP contribution in [-0.4, -0.2) is 84.4 Å². The molecule has 4 N–H and O–H groups in total. The van der Waals surface area contributed by atoms with Crippen molar-refractivity contribution < 1.29 is 30.0 Å². The first-order chi connectivity index (χ1) is 14.2. The van der Waals surface area contributed by atoms with Gasteiger partial charge < -0.3 is 25.2 Å². The Bertz CT molecular complexity index is 633. The highest BCUT2D eigenvalue weighted by atomic mass is 127. The largest absolute Gasteiger partial charge is 0.459 e. The van der Waals surface area contributed by atoms with Crippen LogP contribution >= 0.6 is 22.6 Å². The summed E-state index contributed by atoms with van der Waals surface area (Å²) in [4.78, 5) is 14.9. The average molecular weight is 555 g/mol. The van der Waals surface area contributed by atoms with Crippen LogP contribution in [0.5, 0.6) is 0 Å². The molecule has 2 rings (SSSR count). The number of hydrogen-bond donors (Lipinski definition) is 4. The third kappa shape index (κ3) is 5.40. The molecule has 1 aliphatic carbocycles. The first-order valence-corrected chi connectivity index (χ1v) is 12.8. The van der Waals surface area contributed by atoms with Gasteiger partial charge in [0.2, 0.25) is 0 Å². The summed E-state index contributed by atoms with van der Waals surface area (Å²) in [6.07, 6.45) is -1.46. The van der Waals surface area contributed by atoms with Gasteiger partial charge in [0.15, 0.2) is 0 Å². The molecule has 0 aromatic carbocycles. The van der Waals surface area contributed by atoms with Crippen molar-refractivity contribution in [3.05, 3.63) is 0 Å². The van der Waals surface area contributed by atoms with Gasteiger partial charge in [-0.2, -0.15) is 0 Å². The highest BCUT2D eigenvalue weighted by molar-refractivity contribution is 14.1. The smallest absolute Gasteiger partial charge is 0.311 e. The van der Waals surface area contributed by atoms with Gasteiger partial charge in [0.1, 0.15) is 17.8 Å². The van der Waals surface area contributed by atoms with Crippen molar-refractivity contribution in [2.24, 2.45) is 23.7 Å². The number of alkyl halides is 1. The van der Waals surface area contributed by atoms with Crippen molar-refractivity contribution in [3.8, 4) is 0 Å². The van der Waals surface area contributed by atoms with E-state index in [1.54, 1.807) is 13.8 Å². The molecule has 0 aromatic heterocycles. The molecule has 0 radical (unpaired) electrons. The Hall–Kier alpha value is -0.000000000000000125. The highest BCUT2D eigenvalue weighted by Gasteiger charge is 2.55. The van der Waals surface area contributed by atoms with E-state index in [1.807, 2.05) is 25.8 Å². The number of esters is 1.